The van der Waals surface area contributed by atoms with E-state index in [0.29, 0.717) is 32.5 Å². The SMILES string of the molecule is C[C@@]12/C=C\CCCOC(=O)[C@@H]1[C@H]1C(=O)N(CCCCO)C3C(=O)N(C4CCCCC4)CC=C[C@@]31O2. The molecule has 0 aromatic heterocycles. The molecule has 192 valence electrons. The van der Waals surface area contributed by atoms with Gasteiger partial charge in [-0.05, 0) is 45.4 Å². The summed E-state index contributed by atoms with van der Waals surface area (Å²) < 4.78 is 12.4. The Morgan fingerprint density at radius 2 is 1.80 bits per heavy atom. The number of amides is 2. The number of carbonyl (C=O) groups excluding carboxylic acids is 3. The molecule has 5 aliphatic rings. The number of ether oxygens (including phenoxy) is 2. The zero-order valence-corrected chi connectivity index (χ0v) is 20.7. The maximum Gasteiger partial charge on any atom is 0.313 e. The highest BCUT2D eigenvalue weighted by Crippen LogP contribution is 2.57. The van der Waals surface area contributed by atoms with Gasteiger partial charge in [-0.2, -0.15) is 0 Å². The lowest BCUT2D eigenvalue weighted by molar-refractivity contribution is -0.160. The molecule has 1 saturated carbocycles. The molecule has 1 N–H and O–H groups in total. The van der Waals surface area contributed by atoms with E-state index in [4.69, 9.17) is 9.47 Å². The van der Waals surface area contributed by atoms with Crippen LogP contribution in [0.2, 0.25) is 0 Å². The number of carbonyl (C=O) groups is 3. The van der Waals surface area contributed by atoms with Gasteiger partial charge >= 0.3 is 5.97 Å². The van der Waals surface area contributed by atoms with Crippen molar-refractivity contribution >= 4 is 17.8 Å². The van der Waals surface area contributed by atoms with Crippen LogP contribution in [0.3, 0.4) is 0 Å². The van der Waals surface area contributed by atoms with Gasteiger partial charge in [0.2, 0.25) is 11.8 Å². The molecule has 2 amide bonds. The lowest BCUT2D eigenvalue weighted by Crippen LogP contribution is -2.57. The Labute approximate surface area is 207 Å². The van der Waals surface area contributed by atoms with Crippen LogP contribution in [0, 0.1) is 11.8 Å². The Morgan fingerprint density at radius 3 is 2.57 bits per heavy atom. The first-order valence-electron chi connectivity index (χ1n) is 13.4. The van der Waals surface area contributed by atoms with E-state index in [2.05, 4.69) is 0 Å². The van der Waals surface area contributed by atoms with E-state index < -0.39 is 35.0 Å². The van der Waals surface area contributed by atoms with Crippen LogP contribution >= 0.6 is 0 Å². The minimum absolute atomic E-state index is 0.0254. The molecular formula is C27H38N2O6. The van der Waals surface area contributed by atoms with Crippen LogP contribution < -0.4 is 0 Å². The molecule has 3 fully saturated rings. The highest BCUT2D eigenvalue weighted by Gasteiger charge is 2.74. The Bertz CT molecular complexity index is 911. The molecule has 1 unspecified atom stereocenters. The molecule has 2 saturated heterocycles. The fourth-order valence-corrected chi connectivity index (χ4v) is 7.01. The molecule has 35 heavy (non-hydrogen) atoms. The predicted octanol–water partition coefficient (Wildman–Crippen LogP) is 2.35. The molecule has 0 aromatic rings. The number of rotatable bonds is 5. The van der Waals surface area contributed by atoms with Gasteiger partial charge in [0, 0.05) is 25.7 Å². The average molecular weight is 487 g/mol. The topological polar surface area (TPSA) is 96.4 Å². The highest BCUT2D eigenvalue weighted by molar-refractivity contribution is 5.99. The van der Waals surface area contributed by atoms with Gasteiger partial charge < -0.3 is 24.4 Å². The van der Waals surface area contributed by atoms with E-state index in [1.54, 1.807) is 4.90 Å². The second kappa shape index (κ2) is 9.69. The van der Waals surface area contributed by atoms with E-state index in [1.807, 2.05) is 36.1 Å². The van der Waals surface area contributed by atoms with Crippen LogP contribution in [0.15, 0.2) is 24.3 Å². The maximum absolute atomic E-state index is 14.3. The summed E-state index contributed by atoms with van der Waals surface area (Å²) in [4.78, 5) is 45.2. The van der Waals surface area contributed by atoms with Crippen LogP contribution in [0.5, 0.6) is 0 Å². The number of unbranched alkanes of at least 4 members (excludes halogenated alkanes) is 1. The number of aliphatic hydroxyl groups excluding tert-OH is 1. The summed E-state index contributed by atoms with van der Waals surface area (Å²) in [6, 6.07) is -0.670. The van der Waals surface area contributed by atoms with Crippen LogP contribution in [-0.4, -0.2) is 82.3 Å². The first-order chi connectivity index (χ1) is 16.9. The third-order valence-electron chi connectivity index (χ3n) is 8.60. The number of esters is 1. The first kappa shape index (κ1) is 24.5. The number of cyclic esters (lactones) is 1. The number of aliphatic hydroxyl groups is 1. The predicted molar refractivity (Wildman–Crippen MR) is 128 cm³/mol. The van der Waals surface area contributed by atoms with Gasteiger partial charge in [0.1, 0.15) is 17.6 Å². The Balaban J connectivity index is 1.58. The molecule has 4 heterocycles. The van der Waals surface area contributed by atoms with Gasteiger partial charge in [0.25, 0.3) is 0 Å². The summed E-state index contributed by atoms with van der Waals surface area (Å²) in [6.45, 7) is 3.00. The van der Waals surface area contributed by atoms with E-state index in [1.165, 1.54) is 6.42 Å². The summed E-state index contributed by atoms with van der Waals surface area (Å²) >= 11 is 0. The molecule has 8 nitrogen and oxygen atoms in total. The highest BCUT2D eigenvalue weighted by atomic mass is 16.6. The Kier molecular flexibility index (Phi) is 6.79. The van der Waals surface area contributed by atoms with Crippen molar-refractivity contribution in [2.45, 2.75) is 88.0 Å². The van der Waals surface area contributed by atoms with E-state index in [-0.39, 0.29) is 24.5 Å². The molecule has 0 bridgehead atoms. The summed E-state index contributed by atoms with van der Waals surface area (Å²) in [5.74, 6) is -2.40. The molecule has 5 rings (SSSR count). The smallest absolute Gasteiger partial charge is 0.313 e. The van der Waals surface area contributed by atoms with Crippen molar-refractivity contribution in [3.63, 3.8) is 0 Å². The monoisotopic (exact) mass is 486 g/mol. The van der Waals surface area contributed by atoms with Crippen molar-refractivity contribution in [1.29, 1.82) is 0 Å². The molecule has 0 aromatic carbocycles. The Morgan fingerprint density at radius 1 is 1.00 bits per heavy atom. The molecule has 4 aliphatic heterocycles. The second-order valence-corrected chi connectivity index (χ2v) is 10.9. The van der Waals surface area contributed by atoms with Crippen molar-refractivity contribution in [3.8, 4) is 0 Å². The van der Waals surface area contributed by atoms with E-state index in [0.717, 1.165) is 38.5 Å². The van der Waals surface area contributed by atoms with Crippen molar-refractivity contribution in [1.82, 2.24) is 9.80 Å². The lowest BCUT2D eigenvalue weighted by Gasteiger charge is -2.40. The van der Waals surface area contributed by atoms with E-state index >= 15 is 0 Å². The number of likely N-dealkylation sites (tertiary alicyclic amines) is 1. The maximum atomic E-state index is 14.3. The minimum atomic E-state index is -1.22. The van der Waals surface area contributed by atoms with Gasteiger partial charge in [-0.3, -0.25) is 14.4 Å². The van der Waals surface area contributed by atoms with Gasteiger partial charge in [-0.1, -0.05) is 43.6 Å². The zero-order valence-electron chi connectivity index (χ0n) is 20.7. The van der Waals surface area contributed by atoms with Crippen LogP contribution in [0.1, 0.15) is 64.7 Å². The van der Waals surface area contributed by atoms with Crippen molar-refractivity contribution in [2.75, 3.05) is 26.3 Å². The lowest BCUT2D eigenvalue weighted by atomic mass is 9.74. The molecule has 1 aliphatic carbocycles. The third-order valence-corrected chi connectivity index (χ3v) is 8.60. The zero-order chi connectivity index (χ0) is 24.6. The van der Waals surface area contributed by atoms with Crippen molar-refractivity contribution < 1.29 is 29.0 Å². The standard InChI is InChI=1S/C27H38N2O6/c1-26-13-6-3-9-18-34-25(33)21(26)20-23(31)29(15-7-8-17-30)22-24(32)28(19-11-4-2-5-12-19)16-10-14-27(20,22)35-26/h6,10,13-14,19-22,30H,2-5,7-9,11-12,15-18H2,1H3/b13-6-/t20-,21-,22?,26+,27-/m0/s1. The Hall–Kier alpha value is -2.19. The normalized spacial score (nSPS) is 38.7. The summed E-state index contributed by atoms with van der Waals surface area (Å²) in [7, 11) is 0. The van der Waals surface area contributed by atoms with Crippen LogP contribution in [0.4, 0.5) is 0 Å². The van der Waals surface area contributed by atoms with Crippen LogP contribution in [-0.2, 0) is 23.9 Å². The van der Waals surface area contributed by atoms with Gasteiger partial charge in [-0.25, -0.2) is 0 Å². The molecule has 8 heteroatoms. The van der Waals surface area contributed by atoms with E-state index in [9.17, 15) is 19.5 Å². The number of hydrogen-bond acceptors (Lipinski definition) is 6. The second-order valence-electron chi connectivity index (χ2n) is 10.9. The number of hydrogen-bond donors (Lipinski definition) is 1. The summed E-state index contributed by atoms with van der Waals surface area (Å²) in [5.41, 5.74) is -2.26. The van der Waals surface area contributed by atoms with Crippen LogP contribution in [0.25, 0.3) is 0 Å². The third kappa shape index (κ3) is 4.02. The largest absolute Gasteiger partial charge is 0.465 e. The van der Waals surface area contributed by atoms with Crippen molar-refractivity contribution in [2.24, 2.45) is 11.8 Å². The van der Waals surface area contributed by atoms with Crippen molar-refractivity contribution in [3.05, 3.63) is 24.3 Å². The van der Waals surface area contributed by atoms with Gasteiger partial charge in [0.05, 0.1) is 18.1 Å². The molecule has 5 atom stereocenters. The minimum Gasteiger partial charge on any atom is -0.465 e. The molecular weight excluding hydrogens is 448 g/mol. The van der Waals surface area contributed by atoms with Gasteiger partial charge in [-0.15, -0.1) is 0 Å². The molecule has 1 spiro atoms. The number of nitrogens with zero attached hydrogens (tertiary/aromatic N) is 2. The summed E-state index contributed by atoms with van der Waals surface area (Å²) in [5, 5.41) is 9.33. The first-order valence-corrected chi connectivity index (χ1v) is 13.4. The average Bonchev–Trinajstić information content (AvgIpc) is 3.19. The summed E-state index contributed by atoms with van der Waals surface area (Å²) in [6.07, 6.45) is 15.7. The fourth-order valence-electron chi connectivity index (χ4n) is 7.01. The fraction of sp³-hybridized carbons (Fsp3) is 0.741. The quantitative estimate of drug-likeness (QED) is 0.364. The molecule has 0 radical (unpaired) electrons. The number of fused-ring (bicyclic) bond motifs is 2. The number of allylic oxidation sites excluding steroid dienone is 1. The van der Waals surface area contributed by atoms with Gasteiger partial charge in [0.15, 0.2) is 0 Å².